The summed E-state index contributed by atoms with van der Waals surface area (Å²) in [5, 5.41) is 24.0. The van der Waals surface area contributed by atoms with Crippen LogP contribution in [0.4, 0.5) is 0 Å². The van der Waals surface area contributed by atoms with Gasteiger partial charge in [0.25, 0.3) is 0 Å². The number of cyclic esters (lactones) is 1. The Balaban J connectivity index is 1.37. The molecule has 7 rings (SSSR count). The minimum absolute atomic E-state index is 0.0616. The fraction of sp³-hybridized carbons (Fsp3) is 0.793. The molecule has 5 heterocycles. The molecule has 7 aliphatic rings. The topological polar surface area (TPSA) is 146 Å². The van der Waals surface area contributed by atoms with Gasteiger partial charge < -0.3 is 29.2 Å². The lowest BCUT2D eigenvalue weighted by atomic mass is 9.62. The molecule has 5 aliphatic heterocycles. The summed E-state index contributed by atoms with van der Waals surface area (Å²) in [5.74, 6) is -7.81. The summed E-state index contributed by atoms with van der Waals surface area (Å²) < 4.78 is 24.6. The van der Waals surface area contributed by atoms with Crippen LogP contribution in [0.5, 0.6) is 0 Å². The SMILES string of the molecule is CC1=C[C@@H]([C@H]2[C@H](C)C(=O)[C@@]3(C)CC[C@]45C[C@]67OC(=O)C[C@H]6OC(C)(C)[C@@H]7C[C@H](O)[C@H]4C(=O)[C@@](O)(O5)[C@@H]23)OC1=O. The highest BCUT2D eigenvalue weighted by Gasteiger charge is 2.80. The van der Waals surface area contributed by atoms with Crippen LogP contribution in [-0.2, 0) is 38.1 Å². The predicted molar refractivity (Wildman–Crippen MR) is 131 cm³/mol. The smallest absolute Gasteiger partial charge is 0.334 e. The van der Waals surface area contributed by atoms with E-state index in [9.17, 15) is 29.4 Å². The molecule has 12 atom stereocenters. The number of fused-ring (bicyclic) bond motifs is 3. The van der Waals surface area contributed by atoms with Crippen molar-refractivity contribution < 1.29 is 48.3 Å². The molecular formula is C29H36O10. The molecule has 4 saturated heterocycles. The molecule has 0 aromatic heterocycles. The van der Waals surface area contributed by atoms with Crippen LogP contribution in [0.3, 0.4) is 0 Å². The molecule has 2 saturated carbocycles. The summed E-state index contributed by atoms with van der Waals surface area (Å²) in [5.41, 5.74) is -3.94. The quantitative estimate of drug-likeness (QED) is 0.464. The van der Waals surface area contributed by atoms with Gasteiger partial charge in [-0.25, -0.2) is 4.79 Å². The molecule has 0 amide bonds. The molecule has 0 aromatic carbocycles. The first-order valence-electron chi connectivity index (χ1n) is 14.1. The van der Waals surface area contributed by atoms with Gasteiger partial charge in [0.15, 0.2) is 0 Å². The summed E-state index contributed by atoms with van der Waals surface area (Å²) in [6.07, 6.45) is -0.110. The maximum atomic E-state index is 14.4. The second-order valence-corrected chi connectivity index (χ2v) is 13.9. The van der Waals surface area contributed by atoms with Crippen LogP contribution in [0.1, 0.15) is 66.7 Å². The van der Waals surface area contributed by atoms with Gasteiger partial charge in [0.1, 0.15) is 23.6 Å². The third-order valence-electron chi connectivity index (χ3n) is 11.5. The second kappa shape index (κ2) is 7.38. The summed E-state index contributed by atoms with van der Waals surface area (Å²) in [6.45, 7) is 8.94. The van der Waals surface area contributed by atoms with E-state index in [2.05, 4.69) is 0 Å². The molecule has 2 aliphatic carbocycles. The average Bonchev–Trinajstić information content (AvgIpc) is 3.46. The molecule has 2 spiro atoms. The van der Waals surface area contributed by atoms with Crippen molar-refractivity contribution in [1.82, 2.24) is 0 Å². The number of aliphatic hydroxyl groups excluding tert-OH is 1. The van der Waals surface area contributed by atoms with Gasteiger partial charge in [-0.2, -0.15) is 0 Å². The number of aliphatic hydroxyl groups is 2. The summed E-state index contributed by atoms with van der Waals surface area (Å²) >= 11 is 0. The van der Waals surface area contributed by atoms with Crippen molar-refractivity contribution in [3.05, 3.63) is 11.6 Å². The Morgan fingerprint density at radius 3 is 2.44 bits per heavy atom. The number of hydrogen-bond donors (Lipinski definition) is 2. The highest BCUT2D eigenvalue weighted by molar-refractivity contribution is 5.97. The van der Waals surface area contributed by atoms with E-state index in [1.165, 1.54) is 0 Å². The van der Waals surface area contributed by atoms with Crippen LogP contribution < -0.4 is 0 Å². The normalized spacial score (nSPS) is 55.2. The van der Waals surface area contributed by atoms with Crippen LogP contribution in [0.25, 0.3) is 0 Å². The highest BCUT2D eigenvalue weighted by atomic mass is 16.7. The second-order valence-electron chi connectivity index (χ2n) is 13.9. The minimum Gasteiger partial charge on any atom is -0.456 e. The first-order chi connectivity index (χ1) is 18.1. The van der Waals surface area contributed by atoms with Crippen LogP contribution in [0.2, 0.25) is 0 Å². The van der Waals surface area contributed by atoms with Crippen LogP contribution in [0.15, 0.2) is 11.6 Å². The largest absolute Gasteiger partial charge is 0.456 e. The minimum atomic E-state index is -2.39. The van der Waals surface area contributed by atoms with E-state index in [-0.39, 0.29) is 37.4 Å². The number of carbonyl (C=O) groups is 4. The Morgan fingerprint density at radius 2 is 1.77 bits per heavy atom. The number of rotatable bonds is 1. The molecular weight excluding hydrogens is 508 g/mol. The average molecular weight is 545 g/mol. The van der Waals surface area contributed by atoms with Crippen molar-refractivity contribution in [2.45, 2.75) is 108 Å². The van der Waals surface area contributed by atoms with Gasteiger partial charge in [-0.05, 0) is 46.1 Å². The van der Waals surface area contributed by atoms with Crippen molar-refractivity contribution in [3.63, 3.8) is 0 Å². The molecule has 2 bridgehead atoms. The third kappa shape index (κ3) is 2.91. The van der Waals surface area contributed by atoms with E-state index >= 15 is 0 Å². The van der Waals surface area contributed by atoms with E-state index in [0.29, 0.717) is 12.0 Å². The summed E-state index contributed by atoms with van der Waals surface area (Å²) in [7, 11) is 0. The molecule has 39 heavy (non-hydrogen) atoms. The third-order valence-corrected chi connectivity index (χ3v) is 11.5. The fourth-order valence-corrected chi connectivity index (χ4v) is 10.0. The first kappa shape index (κ1) is 25.8. The van der Waals surface area contributed by atoms with Crippen LogP contribution in [0, 0.1) is 35.0 Å². The summed E-state index contributed by atoms with van der Waals surface area (Å²) in [4.78, 5) is 53.1. The number of carbonyl (C=O) groups excluding carboxylic acids is 4. The molecule has 212 valence electrons. The Labute approximate surface area is 226 Å². The van der Waals surface area contributed by atoms with Crippen molar-refractivity contribution in [2.75, 3.05) is 0 Å². The van der Waals surface area contributed by atoms with Crippen LogP contribution in [-0.4, -0.2) is 74.6 Å². The highest BCUT2D eigenvalue weighted by Crippen LogP contribution is 2.68. The number of ether oxygens (including phenoxy) is 4. The van der Waals surface area contributed by atoms with E-state index in [1.807, 2.05) is 13.8 Å². The maximum absolute atomic E-state index is 14.4. The lowest BCUT2D eigenvalue weighted by molar-refractivity contribution is -0.264. The molecule has 2 N–H and O–H groups in total. The zero-order chi connectivity index (χ0) is 28.1. The van der Waals surface area contributed by atoms with E-state index in [4.69, 9.17) is 18.9 Å². The van der Waals surface area contributed by atoms with Gasteiger partial charge in [-0.1, -0.05) is 13.8 Å². The fourth-order valence-electron chi connectivity index (χ4n) is 10.0. The molecule has 0 unspecified atom stereocenters. The van der Waals surface area contributed by atoms with Gasteiger partial charge in [-0.15, -0.1) is 0 Å². The van der Waals surface area contributed by atoms with Crippen molar-refractivity contribution >= 4 is 23.5 Å². The van der Waals surface area contributed by atoms with E-state index in [1.54, 1.807) is 26.8 Å². The van der Waals surface area contributed by atoms with Gasteiger partial charge in [0, 0.05) is 41.1 Å². The lowest BCUT2D eigenvalue weighted by Crippen LogP contribution is -2.55. The zero-order valence-corrected chi connectivity index (χ0v) is 22.9. The number of esters is 2. The van der Waals surface area contributed by atoms with Gasteiger partial charge in [0.05, 0.1) is 29.6 Å². The van der Waals surface area contributed by atoms with E-state index in [0.717, 1.165) is 0 Å². The monoisotopic (exact) mass is 544 g/mol. The maximum Gasteiger partial charge on any atom is 0.334 e. The van der Waals surface area contributed by atoms with Gasteiger partial charge in [0.2, 0.25) is 11.6 Å². The lowest BCUT2D eigenvalue weighted by Gasteiger charge is -2.41. The predicted octanol–water partition coefficient (Wildman–Crippen LogP) is 1.39. The molecule has 10 heteroatoms. The van der Waals surface area contributed by atoms with Gasteiger partial charge >= 0.3 is 11.9 Å². The summed E-state index contributed by atoms with van der Waals surface area (Å²) in [6, 6.07) is 0. The van der Waals surface area contributed by atoms with E-state index < -0.39 is 87.7 Å². The molecule has 0 aromatic rings. The molecule has 0 radical (unpaired) electrons. The van der Waals surface area contributed by atoms with Crippen molar-refractivity contribution in [2.24, 2.45) is 35.0 Å². The standard InChI is InChI=1S/C29H36O10/c1-12-8-15(36-24(12)34)19-13(2)22(32)26(5)6-7-27-11-28-16(25(3,4)37-17(28)10-18(31)38-28)9-14(30)20(27)23(33)29(35,39-27)21(19)26/h8,13-17,19-21,30,35H,6-7,9-11H2,1-5H3/t13-,14-,15-,16-,17+,19+,20-,21-,26-,27-,28+,29-/m0/s1. The Hall–Kier alpha value is -2.14. The Kier molecular flexibility index (Phi) is 4.88. The van der Waals surface area contributed by atoms with Crippen molar-refractivity contribution in [3.8, 4) is 0 Å². The number of hydrogen-bond acceptors (Lipinski definition) is 10. The van der Waals surface area contributed by atoms with Gasteiger partial charge in [-0.3, -0.25) is 14.4 Å². The number of ketones is 2. The number of Topliss-reactive ketones (excluding diaryl/α,β-unsaturated/α-hetero) is 2. The van der Waals surface area contributed by atoms with Crippen LogP contribution >= 0.6 is 0 Å². The molecule has 10 nitrogen and oxygen atoms in total. The van der Waals surface area contributed by atoms with Crippen molar-refractivity contribution in [1.29, 1.82) is 0 Å². The first-order valence-corrected chi connectivity index (χ1v) is 14.1. The Morgan fingerprint density at radius 1 is 1.05 bits per heavy atom. The Bertz CT molecular complexity index is 1250. The zero-order valence-electron chi connectivity index (χ0n) is 22.9. The molecule has 6 fully saturated rings.